The van der Waals surface area contributed by atoms with Crippen LogP contribution in [0.15, 0.2) is 0 Å². The molecule has 0 unspecified atom stereocenters. The number of rotatable bonds is 4. The van der Waals surface area contributed by atoms with Gasteiger partial charge >= 0.3 is 10.4 Å². The lowest BCUT2D eigenvalue weighted by molar-refractivity contribution is 0.0328. The summed E-state index contributed by atoms with van der Waals surface area (Å²) < 4.78 is 32.0. The molecule has 0 bridgehead atoms. The van der Waals surface area contributed by atoms with Gasteiger partial charge in [-0.25, -0.2) is 8.37 Å². The average Bonchev–Trinajstić information content (AvgIpc) is 2.01. The highest BCUT2D eigenvalue weighted by Gasteiger charge is 2.32. The van der Waals surface area contributed by atoms with Crippen molar-refractivity contribution in [3.05, 3.63) is 0 Å². The molecule has 1 aliphatic rings. The molecule has 0 aromatic carbocycles. The Bertz CT molecular complexity index is 240. The highest BCUT2D eigenvalue weighted by molar-refractivity contribution is 7.81. The normalized spacial score (nSPS) is 31.6. The second-order valence-electron chi connectivity index (χ2n) is 3.66. The molecule has 1 rings (SSSR count). The van der Waals surface area contributed by atoms with Crippen LogP contribution in [0, 0.1) is 0 Å². The van der Waals surface area contributed by atoms with Gasteiger partial charge in [-0.1, -0.05) is 26.7 Å². The Morgan fingerprint density at radius 2 is 1.50 bits per heavy atom. The molecule has 0 aromatic rings. The van der Waals surface area contributed by atoms with E-state index in [2.05, 4.69) is 0 Å². The van der Waals surface area contributed by atoms with Gasteiger partial charge in [0.2, 0.25) is 0 Å². The highest BCUT2D eigenvalue weighted by atomic mass is 32.3. The Morgan fingerprint density at radius 1 is 1.07 bits per heavy atom. The van der Waals surface area contributed by atoms with Crippen molar-refractivity contribution in [2.45, 2.75) is 58.2 Å². The molecule has 0 saturated carbocycles. The van der Waals surface area contributed by atoms with Gasteiger partial charge in [-0.2, -0.15) is 8.42 Å². The van der Waals surface area contributed by atoms with Crippen LogP contribution in [-0.2, 0) is 18.8 Å². The maximum atomic E-state index is 11.2. The highest BCUT2D eigenvalue weighted by Crippen LogP contribution is 2.25. The van der Waals surface area contributed by atoms with Crippen LogP contribution in [0.3, 0.4) is 0 Å². The van der Waals surface area contributed by atoms with E-state index in [4.69, 9.17) is 8.37 Å². The van der Waals surface area contributed by atoms with Gasteiger partial charge in [-0.05, 0) is 12.8 Å². The summed E-state index contributed by atoms with van der Waals surface area (Å²) in [7, 11) is -3.73. The Balaban J connectivity index is 2.57. The van der Waals surface area contributed by atoms with Crippen LogP contribution in [0.25, 0.3) is 0 Å². The molecule has 14 heavy (non-hydrogen) atoms. The molecule has 0 N–H and O–H groups in total. The third-order valence-electron chi connectivity index (χ3n) is 2.25. The summed E-state index contributed by atoms with van der Waals surface area (Å²) in [5.74, 6) is 0. The minimum Gasteiger partial charge on any atom is -0.245 e. The fraction of sp³-hybridized carbons (Fsp3) is 1.00. The van der Waals surface area contributed by atoms with Crippen molar-refractivity contribution in [3.8, 4) is 0 Å². The van der Waals surface area contributed by atoms with Gasteiger partial charge in [0.15, 0.2) is 0 Å². The van der Waals surface area contributed by atoms with E-state index in [0.29, 0.717) is 6.42 Å². The summed E-state index contributed by atoms with van der Waals surface area (Å²) in [5, 5.41) is 0. The van der Waals surface area contributed by atoms with Gasteiger partial charge in [-0.15, -0.1) is 0 Å². The summed E-state index contributed by atoms with van der Waals surface area (Å²) in [5.41, 5.74) is 0. The van der Waals surface area contributed by atoms with Crippen molar-refractivity contribution < 1.29 is 16.8 Å². The molecular formula is C9H18O4S. The summed E-state index contributed by atoms with van der Waals surface area (Å²) in [6.07, 6.45) is 3.75. The van der Waals surface area contributed by atoms with Crippen molar-refractivity contribution in [2.24, 2.45) is 0 Å². The molecule has 1 fully saturated rings. The van der Waals surface area contributed by atoms with Crippen LogP contribution in [0.1, 0.15) is 46.0 Å². The van der Waals surface area contributed by atoms with E-state index >= 15 is 0 Å². The van der Waals surface area contributed by atoms with E-state index in [1.54, 1.807) is 0 Å². The van der Waals surface area contributed by atoms with Crippen molar-refractivity contribution in [3.63, 3.8) is 0 Å². The first-order valence-corrected chi connectivity index (χ1v) is 6.52. The van der Waals surface area contributed by atoms with Gasteiger partial charge in [0, 0.05) is 6.42 Å². The largest absolute Gasteiger partial charge is 0.400 e. The van der Waals surface area contributed by atoms with E-state index in [-0.39, 0.29) is 12.2 Å². The van der Waals surface area contributed by atoms with E-state index < -0.39 is 10.4 Å². The van der Waals surface area contributed by atoms with Gasteiger partial charge in [0.1, 0.15) is 0 Å². The van der Waals surface area contributed by atoms with E-state index in [1.165, 1.54) is 0 Å². The van der Waals surface area contributed by atoms with E-state index in [0.717, 1.165) is 25.7 Å². The SMILES string of the molecule is CCC[C@H]1C[C@H](CCC)OS(=O)(=O)O1. The van der Waals surface area contributed by atoms with Crippen LogP contribution < -0.4 is 0 Å². The monoisotopic (exact) mass is 222 g/mol. The zero-order chi connectivity index (χ0) is 10.6. The van der Waals surface area contributed by atoms with Crippen molar-refractivity contribution >= 4 is 10.4 Å². The van der Waals surface area contributed by atoms with Gasteiger partial charge < -0.3 is 0 Å². The first kappa shape index (κ1) is 11.9. The Labute approximate surface area is 85.9 Å². The average molecular weight is 222 g/mol. The first-order valence-electron chi connectivity index (χ1n) is 5.19. The maximum Gasteiger partial charge on any atom is 0.400 e. The zero-order valence-electron chi connectivity index (χ0n) is 8.73. The molecule has 1 saturated heterocycles. The Hall–Kier alpha value is -0.130. The predicted octanol–water partition coefficient (Wildman–Crippen LogP) is 2.01. The van der Waals surface area contributed by atoms with Crippen molar-refractivity contribution in [1.29, 1.82) is 0 Å². The lowest BCUT2D eigenvalue weighted by Gasteiger charge is -2.28. The fourth-order valence-corrected chi connectivity index (χ4v) is 2.77. The van der Waals surface area contributed by atoms with Crippen LogP contribution in [0.5, 0.6) is 0 Å². The molecule has 5 heteroatoms. The number of hydrogen-bond donors (Lipinski definition) is 0. The Kier molecular flexibility index (Phi) is 4.34. The standard InChI is InChI=1S/C9H18O4S/c1-3-5-8-7-9(6-4-2)13-14(10,11)12-8/h8-9H,3-7H2,1-2H3/t8-,9-/m0/s1. The third-order valence-corrected chi connectivity index (χ3v) is 3.27. The predicted molar refractivity (Wildman–Crippen MR) is 53.1 cm³/mol. The summed E-state index contributed by atoms with van der Waals surface area (Å²) >= 11 is 0. The molecule has 2 atom stereocenters. The minimum atomic E-state index is -3.73. The van der Waals surface area contributed by atoms with Crippen LogP contribution in [0.2, 0.25) is 0 Å². The topological polar surface area (TPSA) is 52.6 Å². The lowest BCUT2D eigenvalue weighted by atomic mass is 10.0. The van der Waals surface area contributed by atoms with Crippen molar-refractivity contribution in [1.82, 2.24) is 0 Å². The molecule has 84 valence electrons. The van der Waals surface area contributed by atoms with Gasteiger partial charge in [-0.3, -0.25) is 0 Å². The smallest absolute Gasteiger partial charge is 0.245 e. The fourth-order valence-electron chi connectivity index (χ4n) is 1.70. The molecule has 1 aliphatic heterocycles. The molecular weight excluding hydrogens is 204 g/mol. The van der Waals surface area contributed by atoms with Crippen LogP contribution >= 0.6 is 0 Å². The summed E-state index contributed by atoms with van der Waals surface area (Å²) in [6.45, 7) is 4.03. The molecule has 1 heterocycles. The molecule has 0 aromatic heterocycles. The lowest BCUT2D eigenvalue weighted by Crippen LogP contribution is -2.34. The van der Waals surface area contributed by atoms with Crippen LogP contribution in [-0.4, -0.2) is 20.6 Å². The Morgan fingerprint density at radius 3 is 1.86 bits per heavy atom. The first-order chi connectivity index (χ1) is 6.57. The minimum absolute atomic E-state index is 0.185. The van der Waals surface area contributed by atoms with E-state index in [1.807, 2.05) is 13.8 Å². The maximum absolute atomic E-state index is 11.2. The zero-order valence-corrected chi connectivity index (χ0v) is 9.55. The number of hydrogen-bond acceptors (Lipinski definition) is 4. The summed E-state index contributed by atoms with van der Waals surface area (Å²) in [4.78, 5) is 0. The second kappa shape index (κ2) is 5.09. The molecule has 0 radical (unpaired) electrons. The summed E-state index contributed by atoms with van der Waals surface area (Å²) in [6, 6.07) is 0. The molecule has 0 spiro atoms. The molecule has 0 amide bonds. The van der Waals surface area contributed by atoms with Gasteiger partial charge in [0.05, 0.1) is 12.2 Å². The van der Waals surface area contributed by atoms with Crippen molar-refractivity contribution in [2.75, 3.05) is 0 Å². The molecule has 4 nitrogen and oxygen atoms in total. The van der Waals surface area contributed by atoms with Crippen LogP contribution in [0.4, 0.5) is 0 Å². The van der Waals surface area contributed by atoms with E-state index in [9.17, 15) is 8.42 Å². The second-order valence-corrected chi connectivity index (χ2v) is 4.86. The van der Waals surface area contributed by atoms with Gasteiger partial charge in [0.25, 0.3) is 0 Å². The quantitative estimate of drug-likeness (QED) is 0.730. The third kappa shape index (κ3) is 3.55. The molecule has 0 aliphatic carbocycles.